The smallest absolute Gasteiger partial charge is 0.115 e. The summed E-state index contributed by atoms with van der Waals surface area (Å²) in [6.45, 7) is 0. The van der Waals surface area contributed by atoms with Crippen LogP contribution in [0, 0.1) is 3.57 Å². The molecule has 0 saturated carbocycles. The fourth-order valence-electron chi connectivity index (χ4n) is 2.25. The second-order valence-electron chi connectivity index (χ2n) is 4.39. The first-order valence-corrected chi connectivity index (χ1v) is 8.59. The normalized spacial score (nSPS) is 11.2. The Morgan fingerprint density at radius 1 is 1.20 bits per heavy atom. The van der Waals surface area contributed by atoms with E-state index < -0.39 is 0 Å². The number of hydrogen-bond donors (Lipinski definition) is 0. The third-order valence-corrected chi connectivity index (χ3v) is 4.69. The van der Waals surface area contributed by atoms with Gasteiger partial charge in [-0.05, 0) is 52.9 Å². The van der Waals surface area contributed by atoms with Gasteiger partial charge < -0.3 is 0 Å². The number of fused-ring (bicyclic) bond motifs is 1. The number of imidazole rings is 1. The summed E-state index contributed by atoms with van der Waals surface area (Å²) in [6, 6.07) is 14.5. The van der Waals surface area contributed by atoms with Crippen LogP contribution in [0.5, 0.6) is 0 Å². The van der Waals surface area contributed by atoms with Crippen LogP contribution in [0.1, 0.15) is 5.82 Å². The Hall–Kier alpha value is -0.590. The minimum Gasteiger partial charge on any atom is -0.295 e. The topological polar surface area (TPSA) is 17.8 Å². The van der Waals surface area contributed by atoms with Gasteiger partial charge in [0.1, 0.15) is 5.82 Å². The number of nitrogens with zero attached hydrogens (tertiary/aromatic N) is 2. The summed E-state index contributed by atoms with van der Waals surface area (Å²) < 4.78 is 4.44. The van der Waals surface area contributed by atoms with Crippen LogP contribution in [0.3, 0.4) is 0 Å². The van der Waals surface area contributed by atoms with E-state index in [-0.39, 0.29) is 0 Å². The van der Waals surface area contributed by atoms with Gasteiger partial charge in [-0.1, -0.05) is 28.1 Å². The van der Waals surface area contributed by atoms with Crippen molar-refractivity contribution in [3.63, 3.8) is 0 Å². The van der Waals surface area contributed by atoms with Crippen LogP contribution in [0.15, 0.2) is 46.9 Å². The van der Waals surface area contributed by atoms with Crippen molar-refractivity contribution in [2.45, 2.75) is 6.42 Å². The molecule has 5 heteroatoms. The third-order valence-electron chi connectivity index (χ3n) is 3.10. The number of halogens is 3. The minimum absolute atomic E-state index is 0.563. The summed E-state index contributed by atoms with van der Waals surface area (Å²) in [5.41, 5.74) is 3.24. The average Bonchev–Trinajstić information content (AvgIpc) is 2.77. The molecule has 0 radical (unpaired) electrons. The molecule has 0 bridgehead atoms. The lowest BCUT2D eigenvalue weighted by molar-refractivity contribution is 0.909. The summed E-state index contributed by atoms with van der Waals surface area (Å²) in [5.74, 6) is 1.56. The first-order chi connectivity index (χ1) is 9.70. The van der Waals surface area contributed by atoms with Crippen molar-refractivity contribution in [3.8, 4) is 5.69 Å². The second kappa shape index (κ2) is 6.03. The zero-order chi connectivity index (χ0) is 14.1. The number of rotatable bonds is 3. The van der Waals surface area contributed by atoms with Crippen molar-refractivity contribution >= 4 is 61.2 Å². The fraction of sp³-hybridized carbons (Fsp3) is 0.133. The van der Waals surface area contributed by atoms with E-state index in [1.165, 1.54) is 3.57 Å². The van der Waals surface area contributed by atoms with E-state index in [0.717, 1.165) is 33.4 Å². The minimum atomic E-state index is 0.563. The quantitative estimate of drug-likeness (QED) is 0.389. The Morgan fingerprint density at radius 2 is 2.00 bits per heavy atom. The maximum absolute atomic E-state index is 5.93. The number of aryl methyl sites for hydroxylation is 1. The molecule has 0 unspecified atom stereocenters. The second-order valence-corrected chi connectivity index (χ2v) is 6.84. The standard InChI is InChI=1S/C15H11BrClIN2/c16-10-5-6-12-14(9-10)20(15(19-12)7-8-17)13-4-2-1-3-11(13)18/h1-6,9H,7-8H2. The molecule has 0 spiro atoms. The lowest BCUT2D eigenvalue weighted by Gasteiger charge is -2.10. The lowest BCUT2D eigenvalue weighted by Crippen LogP contribution is -2.03. The predicted octanol–water partition coefficient (Wildman–Crippen LogP) is 5.17. The van der Waals surface area contributed by atoms with Gasteiger partial charge in [0.2, 0.25) is 0 Å². The maximum Gasteiger partial charge on any atom is 0.115 e. The molecule has 1 heterocycles. The van der Waals surface area contributed by atoms with Crippen molar-refractivity contribution in [1.82, 2.24) is 9.55 Å². The third kappa shape index (κ3) is 2.61. The van der Waals surface area contributed by atoms with Gasteiger partial charge in [0.05, 0.1) is 16.7 Å². The van der Waals surface area contributed by atoms with Crippen molar-refractivity contribution in [2.24, 2.45) is 0 Å². The van der Waals surface area contributed by atoms with Crippen molar-refractivity contribution < 1.29 is 0 Å². The Kier molecular flexibility index (Phi) is 4.33. The van der Waals surface area contributed by atoms with Crippen LogP contribution in [0.4, 0.5) is 0 Å². The SMILES string of the molecule is ClCCc1nc2ccc(Br)cc2n1-c1ccccc1I. The lowest BCUT2D eigenvalue weighted by atomic mass is 10.2. The molecule has 0 fully saturated rings. The van der Waals surface area contributed by atoms with E-state index in [2.05, 4.69) is 61.3 Å². The zero-order valence-corrected chi connectivity index (χ0v) is 15.0. The highest BCUT2D eigenvalue weighted by Gasteiger charge is 2.14. The summed E-state index contributed by atoms with van der Waals surface area (Å²) in [5, 5.41) is 0. The van der Waals surface area contributed by atoms with E-state index in [1.54, 1.807) is 0 Å². The summed E-state index contributed by atoms with van der Waals surface area (Å²) >= 11 is 11.8. The van der Waals surface area contributed by atoms with Gasteiger partial charge >= 0.3 is 0 Å². The molecule has 2 nitrogen and oxygen atoms in total. The molecule has 0 aliphatic rings. The molecule has 3 aromatic rings. The van der Waals surface area contributed by atoms with Gasteiger partial charge in [-0.2, -0.15) is 0 Å². The molecular formula is C15H11BrClIN2. The molecule has 0 saturated heterocycles. The Bertz CT molecular complexity index is 770. The van der Waals surface area contributed by atoms with E-state index in [1.807, 2.05) is 24.3 Å². The average molecular weight is 462 g/mol. The zero-order valence-electron chi connectivity index (χ0n) is 10.5. The maximum atomic E-state index is 5.93. The number of hydrogen-bond acceptors (Lipinski definition) is 1. The number of alkyl halides is 1. The molecule has 20 heavy (non-hydrogen) atoms. The highest BCUT2D eigenvalue weighted by Crippen LogP contribution is 2.27. The fourth-order valence-corrected chi connectivity index (χ4v) is 3.40. The number of aromatic nitrogens is 2. The Labute approximate surface area is 144 Å². The largest absolute Gasteiger partial charge is 0.295 e. The van der Waals surface area contributed by atoms with Crippen molar-refractivity contribution in [2.75, 3.05) is 5.88 Å². The molecule has 0 atom stereocenters. The highest BCUT2D eigenvalue weighted by atomic mass is 127. The van der Waals surface area contributed by atoms with Gasteiger partial charge in [0.15, 0.2) is 0 Å². The molecule has 102 valence electrons. The van der Waals surface area contributed by atoms with Gasteiger partial charge in [-0.15, -0.1) is 11.6 Å². The van der Waals surface area contributed by atoms with Crippen LogP contribution >= 0.6 is 50.1 Å². The van der Waals surface area contributed by atoms with E-state index >= 15 is 0 Å². The number of benzene rings is 2. The van der Waals surface area contributed by atoms with E-state index in [4.69, 9.17) is 16.6 Å². The molecule has 0 amide bonds. The first kappa shape index (κ1) is 14.4. The van der Waals surface area contributed by atoms with Gasteiger partial charge in [-0.25, -0.2) is 4.98 Å². The number of para-hydroxylation sites is 1. The summed E-state index contributed by atoms with van der Waals surface area (Å²) in [7, 11) is 0. The monoisotopic (exact) mass is 460 g/mol. The van der Waals surface area contributed by atoms with Gasteiger partial charge in [-0.3, -0.25) is 4.57 Å². The van der Waals surface area contributed by atoms with E-state index in [0.29, 0.717) is 5.88 Å². The van der Waals surface area contributed by atoms with Crippen LogP contribution in [0.2, 0.25) is 0 Å². The molecule has 2 aromatic carbocycles. The summed E-state index contributed by atoms with van der Waals surface area (Å²) in [6.07, 6.45) is 0.749. The van der Waals surface area contributed by atoms with Crippen LogP contribution < -0.4 is 0 Å². The molecule has 0 N–H and O–H groups in total. The Balaban J connectivity index is 2.34. The first-order valence-electron chi connectivity index (χ1n) is 6.18. The predicted molar refractivity (Wildman–Crippen MR) is 95.9 cm³/mol. The van der Waals surface area contributed by atoms with Crippen LogP contribution in [-0.4, -0.2) is 15.4 Å². The van der Waals surface area contributed by atoms with E-state index in [9.17, 15) is 0 Å². The van der Waals surface area contributed by atoms with Crippen molar-refractivity contribution in [1.29, 1.82) is 0 Å². The molecule has 3 rings (SSSR count). The molecular weight excluding hydrogens is 450 g/mol. The molecule has 1 aromatic heterocycles. The summed E-state index contributed by atoms with van der Waals surface area (Å²) in [4.78, 5) is 4.72. The Morgan fingerprint density at radius 3 is 2.75 bits per heavy atom. The van der Waals surface area contributed by atoms with Crippen molar-refractivity contribution in [3.05, 3.63) is 56.3 Å². The van der Waals surface area contributed by atoms with Crippen LogP contribution in [0.25, 0.3) is 16.7 Å². The molecule has 0 aliphatic carbocycles. The highest BCUT2D eigenvalue weighted by molar-refractivity contribution is 14.1. The molecule has 0 aliphatic heterocycles. The van der Waals surface area contributed by atoms with Gasteiger partial charge in [0.25, 0.3) is 0 Å². The van der Waals surface area contributed by atoms with Crippen LogP contribution in [-0.2, 0) is 6.42 Å². The van der Waals surface area contributed by atoms with Gasteiger partial charge in [0, 0.05) is 20.3 Å².